The lowest BCUT2D eigenvalue weighted by Crippen LogP contribution is -2.40. The number of nitrogens with one attached hydrogen (secondary N) is 1. The van der Waals surface area contributed by atoms with Crippen LogP contribution in [0.15, 0.2) is 5.16 Å². The standard InChI is InChI=1S/C8H17N3O/c1-6(8(9)11-12)5-10-7-3-2-4-7/h6-7,10,12H,2-5H2,1H3,(H2,9,11). The summed E-state index contributed by atoms with van der Waals surface area (Å²) < 4.78 is 0. The van der Waals surface area contributed by atoms with Crippen molar-refractivity contribution in [2.75, 3.05) is 6.54 Å². The van der Waals surface area contributed by atoms with Gasteiger partial charge >= 0.3 is 0 Å². The van der Waals surface area contributed by atoms with E-state index in [0.717, 1.165) is 6.54 Å². The van der Waals surface area contributed by atoms with Gasteiger partial charge < -0.3 is 16.3 Å². The molecule has 1 atom stereocenters. The lowest BCUT2D eigenvalue weighted by atomic mass is 9.93. The molecule has 0 aromatic carbocycles. The highest BCUT2D eigenvalue weighted by Crippen LogP contribution is 2.17. The molecule has 1 rings (SSSR count). The number of hydrogen-bond acceptors (Lipinski definition) is 3. The number of nitrogens with zero attached hydrogens (tertiary/aromatic N) is 1. The van der Waals surface area contributed by atoms with Gasteiger partial charge in [0, 0.05) is 18.5 Å². The van der Waals surface area contributed by atoms with E-state index in [-0.39, 0.29) is 5.92 Å². The fraction of sp³-hybridized carbons (Fsp3) is 0.875. The highest BCUT2D eigenvalue weighted by Gasteiger charge is 2.17. The van der Waals surface area contributed by atoms with E-state index in [1.165, 1.54) is 19.3 Å². The molecule has 12 heavy (non-hydrogen) atoms. The molecule has 1 saturated carbocycles. The van der Waals surface area contributed by atoms with Crippen molar-refractivity contribution in [1.82, 2.24) is 5.32 Å². The van der Waals surface area contributed by atoms with E-state index in [0.29, 0.717) is 11.9 Å². The van der Waals surface area contributed by atoms with Gasteiger partial charge in [0.25, 0.3) is 0 Å². The molecule has 0 aromatic heterocycles. The van der Waals surface area contributed by atoms with E-state index in [9.17, 15) is 0 Å². The molecule has 4 heteroatoms. The van der Waals surface area contributed by atoms with Gasteiger partial charge in [-0.25, -0.2) is 0 Å². The summed E-state index contributed by atoms with van der Waals surface area (Å²) in [7, 11) is 0. The molecule has 0 heterocycles. The molecule has 1 aliphatic rings. The summed E-state index contributed by atoms with van der Waals surface area (Å²) in [6.07, 6.45) is 3.86. The second-order valence-corrected chi connectivity index (χ2v) is 3.46. The molecule has 4 nitrogen and oxygen atoms in total. The molecule has 0 bridgehead atoms. The Morgan fingerprint density at radius 3 is 2.83 bits per heavy atom. The van der Waals surface area contributed by atoms with Crippen LogP contribution < -0.4 is 11.1 Å². The Labute approximate surface area is 72.8 Å². The average Bonchev–Trinajstić information content (AvgIpc) is 2.00. The highest BCUT2D eigenvalue weighted by atomic mass is 16.4. The third-order valence-corrected chi connectivity index (χ3v) is 2.44. The minimum Gasteiger partial charge on any atom is -0.409 e. The van der Waals surface area contributed by atoms with Crippen LogP contribution in [-0.2, 0) is 0 Å². The summed E-state index contributed by atoms with van der Waals surface area (Å²) in [6.45, 7) is 2.75. The second kappa shape index (κ2) is 4.30. The second-order valence-electron chi connectivity index (χ2n) is 3.46. The van der Waals surface area contributed by atoms with Crippen LogP contribution in [0.1, 0.15) is 26.2 Å². The normalized spacial score (nSPS) is 21.9. The molecule has 0 amide bonds. The van der Waals surface area contributed by atoms with E-state index in [4.69, 9.17) is 10.9 Å². The van der Waals surface area contributed by atoms with Crippen molar-refractivity contribution in [2.45, 2.75) is 32.2 Å². The van der Waals surface area contributed by atoms with Gasteiger partial charge in [0.1, 0.15) is 5.84 Å². The van der Waals surface area contributed by atoms with Crippen LogP contribution in [0.25, 0.3) is 0 Å². The van der Waals surface area contributed by atoms with Crippen LogP contribution >= 0.6 is 0 Å². The minimum absolute atomic E-state index is 0.121. The number of rotatable bonds is 4. The Morgan fingerprint density at radius 2 is 2.42 bits per heavy atom. The third kappa shape index (κ3) is 2.37. The van der Waals surface area contributed by atoms with Crippen molar-refractivity contribution in [3.63, 3.8) is 0 Å². The van der Waals surface area contributed by atoms with Gasteiger partial charge in [0.15, 0.2) is 0 Å². The predicted molar refractivity (Wildman–Crippen MR) is 48.2 cm³/mol. The molecular formula is C8H17N3O. The van der Waals surface area contributed by atoms with Crippen molar-refractivity contribution in [1.29, 1.82) is 0 Å². The van der Waals surface area contributed by atoms with E-state index >= 15 is 0 Å². The molecule has 0 spiro atoms. The number of nitrogens with two attached hydrogens (primary N) is 1. The van der Waals surface area contributed by atoms with E-state index in [2.05, 4.69) is 10.5 Å². The highest BCUT2D eigenvalue weighted by molar-refractivity contribution is 5.82. The van der Waals surface area contributed by atoms with Crippen LogP contribution in [0.2, 0.25) is 0 Å². The molecule has 0 saturated heterocycles. The first-order valence-electron chi connectivity index (χ1n) is 4.45. The summed E-state index contributed by atoms with van der Waals surface area (Å²) >= 11 is 0. The fourth-order valence-electron chi connectivity index (χ4n) is 1.16. The first-order chi connectivity index (χ1) is 5.74. The van der Waals surface area contributed by atoms with Gasteiger partial charge in [-0.2, -0.15) is 0 Å². The topological polar surface area (TPSA) is 70.6 Å². The van der Waals surface area contributed by atoms with Gasteiger partial charge in [-0.3, -0.25) is 0 Å². The summed E-state index contributed by atoms with van der Waals surface area (Å²) in [4.78, 5) is 0. The third-order valence-electron chi connectivity index (χ3n) is 2.44. The first-order valence-corrected chi connectivity index (χ1v) is 4.45. The first kappa shape index (κ1) is 9.32. The molecular weight excluding hydrogens is 154 g/mol. The van der Waals surface area contributed by atoms with Gasteiger partial charge in [-0.1, -0.05) is 18.5 Å². The Morgan fingerprint density at radius 1 is 1.75 bits per heavy atom. The fourth-order valence-corrected chi connectivity index (χ4v) is 1.16. The minimum atomic E-state index is 0.121. The van der Waals surface area contributed by atoms with Crippen molar-refractivity contribution in [3.05, 3.63) is 0 Å². The summed E-state index contributed by atoms with van der Waals surface area (Å²) in [6, 6.07) is 0.666. The number of oxime groups is 1. The van der Waals surface area contributed by atoms with Gasteiger partial charge in [0.05, 0.1) is 0 Å². The zero-order chi connectivity index (χ0) is 8.97. The predicted octanol–water partition coefficient (Wildman–Crippen LogP) is 0.511. The average molecular weight is 171 g/mol. The van der Waals surface area contributed by atoms with Crippen molar-refractivity contribution >= 4 is 5.84 Å². The van der Waals surface area contributed by atoms with Crippen molar-refractivity contribution in [3.8, 4) is 0 Å². The Kier molecular flexibility index (Phi) is 3.34. The number of hydrogen-bond donors (Lipinski definition) is 3. The van der Waals surface area contributed by atoms with Crippen LogP contribution in [0, 0.1) is 5.92 Å². The quantitative estimate of drug-likeness (QED) is 0.250. The van der Waals surface area contributed by atoms with Gasteiger partial charge in [-0.05, 0) is 12.8 Å². The molecule has 0 aromatic rings. The molecule has 1 fully saturated rings. The zero-order valence-corrected chi connectivity index (χ0v) is 7.45. The van der Waals surface area contributed by atoms with Crippen LogP contribution in [-0.4, -0.2) is 23.6 Å². The molecule has 0 radical (unpaired) electrons. The Bertz CT molecular complexity index is 166. The Hall–Kier alpha value is -0.770. The van der Waals surface area contributed by atoms with Crippen molar-refractivity contribution < 1.29 is 5.21 Å². The molecule has 1 unspecified atom stereocenters. The maximum atomic E-state index is 8.38. The van der Waals surface area contributed by atoms with Crippen molar-refractivity contribution in [2.24, 2.45) is 16.8 Å². The summed E-state index contributed by atoms with van der Waals surface area (Å²) in [5.41, 5.74) is 5.42. The SMILES string of the molecule is CC(CNC1CCC1)C(N)=NO. The van der Waals surface area contributed by atoms with E-state index in [1.807, 2.05) is 6.92 Å². The number of amidine groups is 1. The Balaban J connectivity index is 2.12. The van der Waals surface area contributed by atoms with Crippen LogP contribution in [0.3, 0.4) is 0 Å². The lowest BCUT2D eigenvalue weighted by Gasteiger charge is -2.27. The lowest BCUT2D eigenvalue weighted by molar-refractivity contribution is 0.308. The summed E-state index contributed by atoms with van der Waals surface area (Å²) in [5.74, 6) is 0.428. The molecule has 1 aliphatic carbocycles. The molecule has 4 N–H and O–H groups in total. The van der Waals surface area contributed by atoms with Gasteiger partial charge in [0.2, 0.25) is 0 Å². The van der Waals surface area contributed by atoms with E-state index in [1.54, 1.807) is 0 Å². The maximum absolute atomic E-state index is 8.38. The smallest absolute Gasteiger partial charge is 0.143 e. The van der Waals surface area contributed by atoms with Gasteiger partial charge in [-0.15, -0.1) is 0 Å². The monoisotopic (exact) mass is 171 g/mol. The largest absolute Gasteiger partial charge is 0.409 e. The molecule has 0 aliphatic heterocycles. The zero-order valence-electron chi connectivity index (χ0n) is 7.45. The molecule has 70 valence electrons. The van der Waals surface area contributed by atoms with Crippen LogP contribution in [0.4, 0.5) is 0 Å². The van der Waals surface area contributed by atoms with Crippen LogP contribution in [0.5, 0.6) is 0 Å². The maximum Gasteiger partial charge on any atom is 0.143 e. The van der Waals surface area contributed by atoms with E-state index < -0.39 is 0 Å². The summed E-state index contributed by atoms with van der Waals surface area (Å²) in [5, 5.41) is 14.7.